The van der Waals surface area contributed by atoms with Crippen molar-refractivity contribution in [2.45, 2.75) is 59.0 Å². The number of nitrogens with two attached hydrogens (primary N) is 1. The van der Waals surface area contributed by atoms with E-state index in [1.807, 2.05) is 11.9 Å². The second-order valence-corrected chi connectivity index (χ2v) is 6.08. The molecule has 17 heavy (non-hydrogen) atoms. The van der Waals surface area contributed by atoms with Gasteiger partial charge < -0.3 is 10.6 Å². The molecule has 0 aromatic heterocycles. The summed E-state index contributed by atoms with van der Waals surface area (Å²) in [6.45, 7) is 8.62. The summed E-state index contributed by atoms with van der Waals surface area (Å²) in [5.74, 6) is 1.49. The number of hydrogen-bond acceptors (Lipinski definition) is 2. The second kappa shape index (κ2) is 5.85. The number of nitrogens with zero attached hydrogens (tertiary/aromatic N) is 1. The van der Waals surface area contributed by atoms with Crippen molar-refractivity contribution in [1.29, 1.82) is 0 Å². The molecule has 4 atom stereocenters. The van der Waals surface area contributed by atoms with E-state index in [0.29, 0.717) is 17.9 Å². The van der Waals surface area contributed by atoms with Crippen molar-refractivity contribution in [3.63, 3.8) is 0 Å². The minimum Gasteiger partial charge on any atom is -0.343 e. The van der Waals surface area contributed by atoms with Crippen LogP contribution in [0.3, 0.4) is 0 Å². The van der Waals surface area contributed by atoms with Crippen LogP contribution in [-0.4, -0.2) is 29.9 Å². The number of hydrogen-bond donors (Lipinski definition) is 1. The first kappa shape index (κ1) is 14.5. The number of carbonyl (C=O) groups is 1. The molecule has 3 nitrogen and oxygen atoms in total. The molecule has 1 fully saturated rings. The van der Waals surface area contributed by atoms with Gasteiger partial charge in [0.1, 0.15) is 0 Å². The fourth-order valence-electron chi connectivity index (χ4n) is 2.52. The Morgan fingerprint density at radius 2 is 1.88 bits per heavy atom. The highest BCUT2D eigenvalue weighted by atomic mass is 16.2. The van der Waals surface area contributed by atoms with Crippen molar-refractivity contribution >= 4 is 5.91 Å². The van der Waals surface area contributed by atoms with Gasteiger partial charge in [-0.3, -0.25) is 4.79 Å². The van der Waals surface area contributed by atoms with E-state index < -0.39 is 0 Å². The Kier molecular flexibility index (Phi) is 4.99. The molecule has 100 valence electrons. The van der Waals surface area contributed by atoms with Crippen LogP contribution in [0, 0.1) is 17.8 Å². The lowest BCUT2D eigenvalue weighted by Crippen LogP contribution is -2.45. The Morgan fingerprint density at radius 1 is 1.29 bits per heavy atom. The van der Waals surface area contributed by atoms with Crippen LogP contribution in [0.25, 0.3) is 0 Å². The summed E-state index contributed by atoms with van der Waals surface area (Å²) in [6, 6.07) is 0.499. The van der Waals surface area contributed by atoms with Gasteiger partial charge in [0, 0.05) is 25.0 Å². The van der Waals surface area contributed by atoms with Crippen LogP contribution >= 0.6 is 0 Å². The lowest BCUT2D eigenvalue weighted by atomic mass is 9.79. The van der Waals surface area contributed by atoms with E-state index in [1.165, 1.54) is 0 Å². The summed E-state index contributed by atoms with van der Waals surface area (Å²) in [7, 11) is 1.93. The fraction of sp³-hybridized carbons (Fsp3) is 0.929. The number of rotatable bonds is 3. The predicted molar refractivity (Wildman–Crippen MR) is 71.6 cm³/mol. The van der Waals surface area contributed by atoms with Gasteiger partial charge >= 0.3 is 0 Å². The first-order valence-electron chi connectivity index (χ1n) is 6.86. The molecule has 1 saturated carbocycles. The Hall–Kier alpha value is -0.570. The van der Waals surface area contributed by atoms with Gasteiger partial charge in [0.15, 0.2) is 0 Å². The van der Waals surface area contributed by atoms with E-state index in [-0.39, 0.29) is 17.9 Å². The van der Waals surface area contributed by atoms with Crippen molar-refractivity contribution in [2.24, 2.45) is 23.5 Å². The highest BCUT2D eigenvalue weighted by molar-refractivity contribution is 5.79. The fourth-order valence-corrected chi connectivity index (χ4v) is 2.52. The maximum absolute atomic E-state index is 12.4. The molecule has 1 amide bonds. The van der Waals surface area contributed by atoms with Gasteiger partial charge in [0.2, 0.25) is 5.91 Å². The Bertz CT molecular complexity index is 265. The zero-order valence-corrected chi connectivity index (χ0v) is 11.9. The van der Waals surface area contributed by atoms with E-state index in [1.54, 1.807) is 0 Å². The van der Waals surface area contributed by atoms with E-state index in [2.05, 4.69) is 27.7 Å². The lowest BCUT2D eigenvalue weighted by Gasteiger charge is -2.36. The monoisotopic (exact) mass is 240 g/mol. The third-order valence-corrected chi connectivity index (χ3v) is 4.53. The third-order valence-electron chi connectivity index (χ3n) is 4.53. The predicted octanol–water partition coefficient (Wildman–Crippen LogP) is 2.25. The molecule has 3 heteroatoms. The Balaban J connectivity index is 2.58. The van der Waals surface area contributed by atoms with Crippen LogP contribution in [0.4, 0.5) is 0 Å². The lowest BCUT2D eigenvalue weighted by molar-refractivity contribution is -0.138. The smallest absolute Gasteiger partial charge is 0.225 e. The molecule has 2 N–H and O–H groups in total. The average molecular weight is 240 g/mol. The number of amides is 1. The molecule has 0 aliphatic heterocycles. The topological polar surface area (TPSA) is 46.3 Å². The molecule has 1 aliphatic rings. The molecule has 0 radical (unpaired) electrons. The maximum Gasteiger partial charge on any atom is 0.225 e. The van der Waals surface area contributed by atoms with Crippen molar-refractivity contribution < 1.29 is 4.79 Å². The van der Waals surface area contributed by atoms with Crippen LogP contribution in [0.15, 0.2) is 0 Å². The average Bonchev–Trinajstić information content (AvgIpc) is 2.29. The Labute approximate surface area is 106 Å². The highest BCUT2D eigenvalue weighted by Gasteiger charge is 2.32. The maximum atomic E-state index is 12.4. The standard InChI is InChI=1S/C14H28N2O/c1-9(2)11(4)16(5)14(17)12-7-6-10(3)13(15)8-12/h9-13H,6-8,15H2,1-5H3. The summed E-state index contributed by atoms with van der Waals surface area (Å²) in [5.41, 5.74) is 6.07. The molecule has 4 unspecified atom stereocenters. The van der Waals surface area contributed by atoms with Crippen molar-refractivity contribution in [3.05, 3.63) is 0 Å². The first-order valence-corrected chi connectivity index (χ1v) is 6.86. The summed E-state index contributed by atoms with van der Waals surface area (Å²) in [5, 5.41) is 0. The van der Waals surface area contributed by atoms with E-state index in [4.69, 9.17) is 5.73 Å². The largest absolute Gasteiger partial charge is 0.343 e. The minimum atomic E-state index is 0.146. The van der Waals surface area contributed by atoms with Gasteiger partial charge in [0.25, 0.3) is 0 Å². The SMILES string of the molecule is CC(C)C(C)N(C)C(=O)C1CCC(C)C(N)C1. The zero-order chi connectivity index (χ0) is 13.2. The summed E-state index contributed by atoms with van der Waals surface area (Å²) in [6.07, 6.45) is 2.94. The van der Waals surface area contributed by atoms with Gasteiger partial charge in [-0.2, -0.15) is 0 Å². The minimum absolute atomic E-state index is 0.146. The van der Waals surface area contributed by atoms with Crippen LogP contribution in [-0.2, 0) is 4.79 Å². The first-order chi connectivity index (χ1) is 7.84. The number of carbonyl (C=O) groups excluding carboxylic acids is 1. The molecule has 0 aromatic rings. The van der Waals surface area contributed by atoms with Crippen molar-refractivity contribution in [1.82, 2.24) is 4.90 Å². The quantitative estimate of drug-likeness (QED) is 0.822. The molecule has 0 spiro atoms. The normalized spacial score (nSPS) is 31.4. The van der Waals surface area contributed by atoms with Crippen molar-refractivity contribution in [3.8, 4) is 0 Å². The molecular formula is C14H28N2O. The van der Waals surface area contributed by atoms with Gasteiger partial charge in [0.05, 0.1) is 0 Å². The van der Waals surface area contributed by atoms with E-state index in [0.717, 1.165) is 19.3 Å². The van der Waals surface area contributed by atoms with Gasteiger partial charge in [-0.1, -0.05) is 20.8 Å². The molecule has 0 heterocycles. The molecule has 0 saturated heterocycles. The molecule has 1 rings (SSSR count). The van der Waals surface area contributed by atoms with Crippen LogP contribution in [0.1, 0.15) is 47.0 Å². The second-order valence-electron chi connectivity index (χ2n) is 6.08. The third kappa shape index (κ3) is 3.44. The van der Waals surface area contributed by atoms with Gasteiger partial charge in [-0.25, -0.2) is 0 Å². The van der Waals surface area contributed by atoms with E-state index in [9.17, 15) is 4.79 Å². The molecule has 1 aliphatic carbocycles. The molecule has 0 aromatic carbocycles. The molecule has 0 bridgehead atoms. The van der Waals surface area contributed by atoms with Gasteiger partial charge in [-0.05, 0) is 38.0 Å². The highest BCUT2D eigenvalue weighted by Crippen LogP contribution is 2.29. The van der Waals surface area contributed by atoms with Gasteiger partial charge in [-0.15, -0.1) is 0 Å². The zero-order valence-electron chi connectivity index (χ0n) is 11.9. The summed E-state index contributed by atoms with van der Waals surface area (Å²) in [4.78, 5) is 14.3. The summed E-state index contributed by atoms with van der Waals surface area (Å²) < 4.78 is 0. The Morgan fingerprint density at radius 3 is 2.35 bits per heavy atom. The van der Waals surface area contributed by atoms with E-state index >= 15 is 0 Å². The molecular weight excluding hydrogens is 212 g/mol. The van der Waals surface area contributed by atoms with Crippen LogP contribution < -0.4 is 5.73 Å². The van der Waals surface area contributed by atoms with Crippen LogP contribution in [0.2, 0.25) is 0 Å². The van der Waals surface area contributed by atoms with Crippen molar-refractivity contribution in [2.75, 3.05) is 7.05 Å². The summed E-state index contributed by atoms with van der Waals surface area (Å²) >= 11 is 0. The van der Waals surface area contributed by atoms with Crippen LogP contribution in [0.5, 0.6) is 0 Å².